The van der Waals surface area contributed by atoms with E-state index in [0.29, 0.717) is 6.42 Å². The van der Waals surface area contributed by atoms with E-state index in [1.54, 1.807) is 13.8 Å². The van der Waals surface area contributed by atoms with Gasteiger partial charge in [-0.3, -0.25) is 24.2 Å². The number of aliphatic carboxylic acids is 2. The predicted octanol–water partition coefficient (Wildman–Crippen LogP) is -1.53. The second-order valence-electron chi connectivity index (χ2n) is 9.31. The van der Waals surface area contributed by atoms with E-state index in [-0.39, 0.29) is 44.1 Å². The Morgan fingerprint density at radius 2 is 1.42 bits per heavy atom. The Labute approximate surface area is 210 Å². The van der Waals surface area contributed by atoms with Crippen molar-refractivity contribution in [3.05, 3.63) is 0 Å². The summed E-state index contributed by atoms with van der Waals surface area (Å²) >= 11 is 0. The average Bonchev–Trinajstić information content (AvgIpc) is 2.75. The lowest BCUT2D eigenvalue weighted by molar-refractivity contribution is -0.143. The van der Waals surface area contributed by atoms with Gasteiger partial charge < -0.3 is 43.4 Å². The molecule has 0 aromatic heterocycles. The summed E-state index contributed by atoms with van der Waals surface area (Å²) in [7, 11) is 0. The monoisotopic (exact) mass is 515 g/mol. The largest absolute Gasteiger partial charge is 0.481 e. The third-order valence-corrected chi connectivity index (χ3v) is 5.15. The van der Waals surface area contributed by atoms with Crippen molar-refractivity contribution in [3.63, 3.8) is 0 Å². The van der Waals surface area contributed by atoms with Gasteiger partial charge >= 0.3 is 11.9 Å². The molecule has 0 aromatic rings. The maximum absolute atomic E-state index is 13.0. The second kappa shape index (κ2) is 16.3. The van der Waals surface area contributed by atoms with Gasteiger partial charge in [0, 0.05) is 13.0 Å². The van der Waals surface area contributed by atoms with E-state index in [2.05, 4.69) is 20.9 Å². The molecule has 0 aromatic carbocycles. The van der Waals surface area contributed by atoms with Crippen molar-refractivity contribution in [1.29, 1.82) is 0 Å². The number of nitrogens with zero attached hydrogens (tertiary/aromatic N) is 1. The maximum atomic E-state index is 13.0. The van der Waals surface area contributed by atoms with E-state index in [1.807, 2.05) is 13.8 Å². The summed E-state index contributed by atoms with van der Waals surface area (Å²) in [5, 5.41) is 25.8. The Balaban J connectivity index is 5.36. The Morgan fingerprint density at radius 1 is 0.833 bits per heavy atom. The molecule has 14 heteroatoms. The first kappa shape index (κ1) is 32.6. The van der Waals surface area contributed by atoms with Gasteiger partial charge in [0.2, 0.25) is 17.7 Å². The van der Waals surface area contributed by atoms with Crippen LogP contribution in [0.2, 0.25) is 0 Å². The van der Waals surface area contributed by atoms with Gasteiger partial charge in [-0.05, 0) is 37.5 Å². The molecule has 206 valence electrons. The number of rotatable bonds is 17. The molecule has 0 radical (unpaired) electrons. The molecule has 0 aliphatic heterocycles. The summed E-state index contributed by atoms with van der Waals surface area (Å²) < 4.78 is 0. The van der Waals surface area contributed by atoms with Crippen LogP contribution >= 0.6 is 0 Å². The summed E-state index contributed by atoms with van der Waals surface area (Å²) in [6, 6.07) is -4.45. The van der Waals surface area contributed by atoms with Gasteiger partial charge in [0.1, 0.15) is 18.1 Å². The van der Waals surface area contributed by atoms with Crippen molar-refractivity contribution in [2.45, 2.75) is 84.0 Å². The van der Waals surface area contributed by atoms with Crippen molar-refractivity contribution in [2.75, 3.05) is 6.54 Å². The van der Waals surface area contributed by atoms with Crippen LogP contribution in [0.25, 0.3) is 0 Å². The van der Waals surface area contributed by atoms with Crippen LogP contribution in [0.3, 0.4) is 0 Å². The highest BCUT2D eigenvalue weighted by Crippen LogP contribution is 2.10. The molecule has 3 amide bonds. The van der Waals surface area contributed by atoms with Crippen LogP contribution in [-0.2, 0) is 24.0 Å². The molecule has 11 N–H and O–H groups in total. The number of hydrogen-bond acceptors (Lipinski definition) is 7. The fraction of sp³-hybridized carbons (Fsp3) is 0.727. The normalized spacial score (nSPS) is 14.3. The summed E-state index contributed by atoms with van der Waals surface area (Å²) in [6.45, 7) is 7.22. The standard InChI is InChI=1S/C22H41N7O7/c1-11(2)10-15(28-18(32)13(23)7-8-16(30)31)19(33)29-17(12(3)4)20(34)27-14(21(35)36)6-5-9-26-22(24)25/h11-15,17H,5-10,23H2,1-4H3,(H,27,34)(H,28,32)(H,29,33)(H,30,31)(H,35,36)(H4,24,25,26). The average molecular weight is 516 g/mol. The van der Waals surface area contributed by atoms with Crippen LogP contribution in [0.4, 0.5) is 0 Å². The van der Waals surface area contributed by atoms with E-state index in [1.165, 1.54) is 0 Å². The first-order valence-corrected chi connectivity index (χ1v) is 11.8. The number of aliphatic imine (C=N–C) groups is 1. The molecule has 0 rings (SSSR count). The topological polar surface area (TPSA) is 252 Å². The SMILES string of the molecule is CC(C)CC(NC(=O)C(N)CCC(=O)O)C(=O)NC(C(=O)NC(CCCN=C(N)N)C(=O)O)C(C)C. The van der Waals surface area contributed by atoms with Crippen molar-refractivity contribution >= 4 is 35.6 Å². The van der Waals surface area contributed by atoms with E-state index < -0.39 is 59.7 Å². The van der Waals surface area contributed by atoms with E-state index in [0.717, 1.165) is 0 Å². The van der Waals surface area contributed by atoms with Gasteiger partial charge in [0.05, 0.1) is 6.04 Å². The van der Waals surface area contributed by atoms with Crippen LogP contribution < -0.4 is 33.2 Å². The molecular formula is C22H41N7O7. The third kappa shape index (κ3) is 13.5. The predicted molar refractivity (Wildman–Crippen MR) is 132 cm³/mol. The zero-order valence-corrected chi connectivity index (χ0v) is 21.3. The molecule has 0 aliphatic carbocycles. The molecule has 0 spiro atoms. The Kier molecular flexibility index (Phi) is 14.7. The third-order valence-electron chi connectivity index (χ3n) is 5.15. The van der Waals surface area contributed by atoms with Crippen molar-refractivity contribution in [3.8, 4) is 0 Å². The highest BCUT2D eigenvalue weighted by atomic mass is 16.4. The molecule has 0 heterocycles. The molecule has 14 nitrogen and oxygen atoms in total. The van der Waals surface area contributed by atoms with E-state index in [9.17, 15) is 29.1 Å². The Bertz CT molecular complexity index is 798. The number of carboxylic acid groups (broad SMARTS) is 2. The van der Waals surface area contributed by atoms with Gasteiger partial charge in [0.15, 0.2) is 5.96 Å². The number of carbonyl (C=O) groups excluding carboxylic acids is 3. The molecule has 0 bridgehead atoms. The summed E-state index contributed by atoms with van der Waals surface area (Å²) in [4.78, 5) is 64.4. The highest BCUT2D eigenvalue weighted by molar-refractivity contribution is 5.94. The number of hydrogen-bond donors (Lipinski definition) is 8. The molecule has 4 unspecified atom stereocenters. The lowest BCUT2D eigenvalue weighted by Gasteiger charge is -2.27. The smallest absolute Gasteiger partial charge is 0.326 e. The van der Waals surface area contributed by atoms with Gasteiger partial charge in [-0.1, -0.05) is 27.7 Å². The van der Waals surface area contributed by atoms with Gasteiger partial charge in [-0.2, -0.15) is 0 Å². The van der Waals surface area contributed by atoms with Crippen LogP contribution in [-0.4, -0.2) is 76.5 Å². The summed E-state index contributed by atoms with van der Waals surface area (Å²) in [5.74, 6) is -4.91. The lowest BCUT2D eigenvalue weighted by Crippen LogP contribution is -2.58. The fourth-order valence-corrected chi connectivity index (χ4v) is 3.20. The van der Waals surface area contributed by atoms with Gasteiger partial charge in [0.25, 0.3) is 0 Å². The van der Waals surface area contributed by atoms with Crippen LogP contribution in [0.1, 0.15) is 59.8 Å². The zero-order chi connectivity index (χ0) is 28.0. The lowest BCUT2D eigenvalue weighted by atomic mass is 9.99. The van der Waals surface area contributed by atoms with E-state index >= 15 is 0 Å². The number of amides is 3. The quantitative estimate of drug-likeness (QED) is 0.0630. The van der Waals surface area contributed by atoms with Crippen molar-refractivity contribution < 1.29 is 34.2 Å². The minimum atomic E-state index is -1.25. The number of carboxylic acids is 2. The van der Waals surface area contributed by atoms with Crippen LogP contribution in [0.15, 0.2) is 4.99 Å². The first-order chi connectivity index (χ1) is 16.6. The van der Waals surface area contributed by atoms with Crippen LogP contribution in [0.5, 0.6) is 0 Å². The van der Waals surface area contributed by atoms with Gasteiger partial charge in [-0.15, -0.1) is 0 Å². The molecule has 4 atom stereocenters. The maximum Gasteiger partial charge on any atom is 0.326 e. The first-order valence-electron chi connectivity index (χ1n) is 11.8. The summed E-state index contributed by atoms with van der Waals surface area (Å²) in [6.07, 6.45) is 0.198. The molecular weight excluding hydrogens is 474 g/mol. The Hall–Kier alpha value is -3.42. The molecule has 36 heavy (non-hydrogen) atoms. The number of nitrogens with two attached hydrogens (primary N) is 3. The number of nitrogens with one attached hydrogen (secondary N) is 3. The molecule has 0 aliphatic rings. The van der Waals surface area contributed by atoms with Crippen molar-refractivity contribution in [2.24, 2.45) is 34.0 Å². The van der Waals surface area contributed by atoms with Gasteiger partial charge in [-0.25, -0.2) is 4.79 Å². The number of carbonyl (C=O) groups is 5. The highest BCUT2D eigenvalue weighted by Gasteiger charge is 2.32. The fourth-order valence-electron chi connectivity index (χ4n) is 3.20. The zero-order valence-electron chi connectivity index (χ0n) is 21.3. The van der Waals surface area contributed by atoms with E-state index in [4.69, 9.17) is 22.3 Å². The summed E-state index contributed by atoms with van der Waals surface area (Å²) in [5.41, 5.74) is 16.2. The minimum Gasteiger partial charge on any atom is -0.481 e. The minimum absolute atomic E-state index is 0.00997. The molecule has 0 fully saturated rings. The van der Waals surface area contributed by atoms with Crippen LogP contribution in [0, 0.1) is 11.8 Å². The Morgan fingerprint density at radius 3 is 1.89 bits per heavy atom. The second-order valence-corrected chi connectivity index (χ2v) is 9.31. The van der Waals surface area contributed by atoms with Crippen molar-refractivity contribution in [1.82, 2.24) is 16.0 Å². The molecule has 0 saturated heterocycles. The number of guanidine groups is 1. The molecule has 0 saturated carbocycles.